The summed E-state index contributed by atoms with van der Waals surface area (Å²) in [6, 6.07) is 6.43. The zero-order valence-electron chi connectivity index (χ0n) is 9.57. The molecule has 1 aliphatic heterocycles. The number of ether oxygens (including phenoxy) is 1. The predicted molar refractivity (Wildman–Crippen MR) is 60.9 cm³/mol. The van der Waals surface area contributed by atoms with E-state index in [1.54, 1.807) is 0 Å². The minimum Gasteiger partial charge on any atom is -0.379 e. The Labute approximate surface area is 95.8 Å². The van der Waals surface area contributed by atoms with Crippen LogP contribution in [-0.4, -0.2) is 41.7 Å². The van der Waals surface area contributed by atoms with Gasteiger partial charge in [0.1, 0.15) is 5.54 Å². The van der Waals surface area contributed by atoms with Gasteiger partial charge in [0, 0.05) is 31.4 Å². The largest absolute Gasteiger partial charge is 0.379 e. The molecule has 0 saturated carbocycles. The monoisotopic (exact) mass is 219 g/mol. The van der Waals surface area contributed by atoms with Crippen molar-refractivity contribution in [3.63, 3.8) is 0 Å². The van der Waals surface area contributed by atoms with E-state index in [4.69, 9.17) is 4.74 Å². The second kappa shape index (κ2) is 4.69. The van der Waals surface area contributed by atoms with E-state index >= 15 is 0 Å². The molecule has 1 N–H and O–H groups in total. The Morgan fingerprint density at radius 1 is 1.56 bits per heavy atom. The lowest BCUT2D eigenvalue weighted by molar-refractivity contribution is 0.00168. The lowest BCUT2D eigenvalue weighted by atomic mass is 9.95. The van der Waals surface area contributed by atoms with Crippen molar-refractivity contribution < 1.29 is 4.74 Å². The molecule has 1 aromatic rings. The van der Waals surface area contributed by atoms with E-state index in [1.807, 2.05) is 25.3 Å². The first-order valence-electron chi connectivity index (χ1n) is 5.61. The van der Waals surface area contributed by atoms with Gasteiger partial charge in [-0.05, 0) is 19.1 Å². The molecule has 4 nitrogen and oxygen atoms in total. The Hall–Kier alpha value is -1.31. The molecule has 0 radical (unpaired) electrons. The van der Waals surface area contributed by atoms with E-state index in [0.29, 0.717) is 0 Å². The molecular formula is C12H17N3O. The molecule has 16 heavy (non-hydrogen) atoms. The molecule has 2 rings (SSSR count). The van der Waals surface area contributed by atoms with Crippen LogP contribution in [0, 0.1) is 11.3 Å². The highest BCUT2D eigenvalue weighted by atomic mass is 16.5. The maximum Gasteiger partial charge on any atom is 0.112 e. The van der Waals surface area contributed by atoms with Crippen LogP contribution < -0.4 is 0 Å². The first-order chi connectivity index (χ1) is 7.74. The van der Waals surface area contributed by atoms with Crippen molar-refractivity contribution in [2.75, 3.05) is 26.3 Å². The fourth-order valence-corrected chi connectivity index (χ4v) is 2.13. The molecule has 0 amide bonds. The van der Waals surface area contributed by atoms with Crippen LogP contribution in [-0.2, 0) is 11.2 Å². The number of H-pyrrole nitrogens is 1. The number of aromatic nitrogens is 1. The zero-order valence-corrected chi connectivity index (χ0v) is 9.57. The van der Waals surface area contributed by atoms with Crippen molar-refractivity contribution >= 4 is 0 Å². The summed E-state index contributed by atoms with van der Waals surface area (Å²) in [4.78, 5) is 5.36. The molecule has 1 unspecified atom stereocenters. The van der Waals surface area contributed by atoms with Gasteiger partial charge in [-0.3, -0.25) is 4.90 Å². The van der Waals surface area contributed by atoms with Gasteiger partial charge in [-0.25, -0.2) is 0 Å². The predicted octanol–water partition coefficient (Wildman–Crippen LogP) is 1.17. The van der Waals surface area contributed by atoms with E-state index < -0.39 is 5.54 Å². The molecule has 4 heteroatoms. The quantitative estimate of drug-likeness (QED) is 0.830. The van der Waals surface area contributed by atoms with Crippen LogP contribution in [0.5, 0.6) is 0 Å². The van der Waals surface area contributed by atoms with E-state index in [9.17, 15) is 5.26 Å². The maximum atomic E-state index is 9.39. The Morgan fingerprint density at radius 2 is 2.31 bits per heavy atom. The van der Waals surface area contributed by atoms with Gasteiger partial charge < -0.3 is 9.72 Å². The van der Waals surface area contributed by atoms with E-state index in [0.717, 1.165) is 38.4 Å². The summed E-state index contributed by atoms with van der Waals surface area (Å²) < 4.78 is 5.32. The van der Waals surface area contributed by atoms with Gasteiger partial charge in [0.25, 0.3) is 0 Å². The second-order valence-corrected chi connectivity index (χ2v) is 4.36. The van der Waals surface area contributed by atoms with Crippen molar-refractivity contribution in [1.29, 1.82) is 5.26 Å². The van der Waals surface area contributed by atoms with Crippen molar-refractivity contribution in [1.82, 2.24) is 9.88 Å². The van der Waals surface area contributed by atoms with Crippen LogP contribution in [0.3, 0.4) is 0 Å². The van der Waals surface area contributed by atoms with Gasteiger partial charge in [0.2, 0.25) is 0 Å². The highest BCUT2D eigenvalue weighted by Crippen LogP contribution is 2.20. The summed E-state index contributed by atoms with van der Waals surface area (Å²) in [7, 11) is 0. The normalized spacial score (nSPS) is 21.2. The molecule has 0 bridgehead atoms. The third-order valence-corrected chi connectivity index (χ3v) is 3.15. The first-order valence-corrected chi connectivity index (χ1v) is 5.61. The number of nitriles is 1. The number of nitrogens with zero attached hydrogens (tertiary/aromatic N) is 2. The topological polar surface area (TPSA) is 52.0 Å². The first kappa shape index (κ1) is 11.2. The standard InChI is InChI=1S/C12H17N3O/c1-12(10-13,9-11-3-2-4-14-11)15-5-7-16-8-6-15/h2-4,14H,5-9H2,1H3. The van der Waals surface area contributed by atoms with E-state index in [1.165, 1.54) is 0 Å². The Kier molecular flexibility index (Phi) is 3.28. The van der Waals surface area contributed by atoms with Gasteiger partial charge in [-0.1, -0.05) is 0 Å². The Bertz CT molecular complexity index is 362. The third-order valence-electron chi connectivity index (χ3n) is 3.15. The maximum absolute atomic E-state index is 9.39. The highest BCUT2D eigenvalue weighted by molar-refractivity contribution is 5.16. The second-order valence-electron chi connectivity index (χ2n) is 4.36. The molecular weight excluding hydrogens is 202 g/mol. The van der Waals surface area contributed by atoms with Crippen LogP contribution in [0.2, 0.25) is 0 Å². The van der Waals surface area contributed by atoms with E-state index in [2.05, 4.69) is 16.0 Å². The molecule has 1 saturated heterocycles. The van der Waals surface area contributed by atoms with Gasteiger partial charge in [-0.15, -0.1) is 0 Å². The summed E-state index contributed by atoms with van der Waals surface area (Å²) in [6.45, 7) is 5.12. The zero-order chi connectivity index (χ0) is 11.4. The van der Waals surface area contributed by atoms with E-state index in [-0.39, 0.29) is 0 Å². The summed E-state index contributed by atoms with van der Waals surface area (Å²) >= 11 is 0. The lowest BCUT2D eigenvalue weighted by Crippen LogP contribution is -2.52. The number of rotatable bonds is 3. The Balaban J connectivity index is 2.09. The number of hydrogen-bond acceptors (Lipinski definition) is 3. The van der Waals surface area contributed by atoms with Gasteiger partial charge in [0.05, 0.1) is 19.3 Å². The average Bonchev–Trinajstić information content (AvgIpc) is 2.83. The van der Waals surface area contributed by atoms with Crippen LogP contribution in [0.4, 0.5) is 0 Å². The van der Waals surface area contributed by atoms with Crippen molar-refractivity contribution in [3.05, 3.63) is 24.0 Å². The molecule has 86 valence electrons. The van der Waals surface area contributed by atoms with Crippen LogP contribution >= 0.6 is 0 Å². The number of nitrogens with one attached hydrogen (secondary N) is 1. The third kappa shape index (κ3) is 2.26. The van der Waals surface area contributed by atoms with Gasteiger partial charge in [-0.2, -0.15) is 5.26 Å². The molecule has 0 aromatic carbocycles. The Morgan fingerprint density at radius 3 is 2.88 bits per heavy atom. The minimum atomic E-state index is -0.436. The highest BCUT2D eigenvalue weighted by Gasteiger charge is 2.33. The molecule has 2 heterocycles. The molecule has 1 atom stereocenters. The van der Waals surface area contributed by atoms with Crippen molar-refractivity contribution in [2.45, 2.75) is 18.9 Å². The summed E-state index contributed by atoms with van der Waals surface area (Å²) in [5, 5.41) is 9.39. The molecule has 0 aliphatic carbocycles. The van der Waals surface area contributed by atoms with Gasteiger partial charge >= 0.3 is 0 Å². The van der Waals surface area contributed by atoms with Gasteiger partial charge in [0.15, 0.2) is 0 Å². The molecule has 1 aliphatic rings. The van der Waals surface area contributed by atoms with Crippen LogP contribution in [0.25, 0.3) is 0 Å². The number of aromatic amines is 1. The summed E-state index contributed by atoms with van der Waals surface area (Å²) in [6.07, 6.45) is 2.63. The lowest BCUT2D eigenvalue weighted by Gasteiger charge is -2.38. The fourth-order valence-electron chi connectivity index (χ4n) is 2.13. The van der Waals surface area contributed by atoms with Crippen LogP contribution in [0.1, 0.15) is 12.6 Å². The molecule has 1 fully saturated rings. The smallest absolute Gasteiger partial charge is 0.112 e. The molecule has 0 spiro atoms. The molecule has 1 aromatic heterocycles. The summed E-state index contributed by atoms with van der Waals surface area (Å²) in [5.74, 6) is 0. The summed E-state index contributed by atoms with van der Waals surface area (Å²) in [5.41, 5.74) is 0.671. The number of hydrogen-bond donors (Lipinski definition) is 1. The van der Waals surface area contributed by atoms with Crippen LogP contribution in [0.15, 0.2) is 18.3 Å². The minimum absolute atomic E-state index is 0.436. The van der Waals surface area contributed by atoms with Crippen molar-refractivity contribution in [2.24, 2.45) is 0 Å². The fraction of sp³-hybridized carbons (Fsp3) is 0.583. The number of morpholine rings is 1. The average molecular weight is 219 g/mol. The SMILES string of the molecule is CC(C#N)(Cc1ccc[nH]1)N1CCOCC1. The van der Waals surface area contributed by atoms with Crippen molar-refractivity contribution in [3.8, 4) is 6.07 Å².